The Morgan fingerprint density at radius 3 is 2.03 bits per heavy atom. The number of nitrogens with zero attached hydrogens (tertiary/aromatic N) is 1. The van der Waals surface area contributed by atoms with Crippen LogP contribution in [0.1, 0.15) is 43.0 Å². The van der Waals surface area contributed by atoms with Crippen LogP contribution in [-0.2, 0) is 15.0 Å². The lowest BCUT2D eigenvalue weighted by molar-refractivity contribution is -0.120. The molecule has 0 bridgehead atoms. The average molecular weight is 443 g/mol. The predicted molar refractivity (Wildman–Crippen MR) is 130 cm³/mol. The molecule has 3 aromatic carbocycles. The second-order valence-electron chi connectivity index (χ2n) is 9.44. The number of rotatable bonds is 4. The van der Waals surface area contributed by atoms with Crippen molar-refractivity contribution in [3.8, 4) is 0 Å². The summed E-state index contributed by atoms with van der Waals surface area (Å²) < 4.78 is 13.4. The summed E-state index contributed by atoms with van der Waals surface area (Å²) in [5.41, 5.74) is 5.24. The molecular formula is C28H27FN2O2. The van der Waals surface area contributed by atoms with Gasteiger partial charge in [0.05, 0.1) is 11.3 Å². The molecular weight excluding hydrogens is 415 g/mol. The van der Waals surface area contributed by atoms with E-state index in [4.69, 9.17) is 0 Å². The highest BCUT2D eigenvalue weighted by Gasteiger charge is 2.40. The molecule has 4 nitrogen and oxygen atoms in total. The number of halogens is 1. The number of carbonyl (C=O) groups excluding carboxylic acids is 2. The highest BCUT2D eigenvalue weighted by molar-refractivity contribution is 6.46. The van der Waals surface area contributed by atoms with Gasteiger partial charge < -0.3 is 5.32 Å². The molecule has 0 aliphatic carbocycles. The topological polar surface area (TPSA) is 49.4 Å². The standard InChI is InChI=1S/C28H27FN2O2/c1-17-6-15-23(18(2)16-17)24-25(30-21-11-9-20(29)10-12-21)27(33)31(26(24)32)22-13-7-19(8-14-22)28(3,4)5/h6-16,30H,1-5H3. The van der Waals surface area contributed by atoms with Gasteiger partial charge in [-0.3, -0.25) is 9.59 Å². The quantitative estimate of drug-likeness (QED) is 0.494. The van der Waals surface area contributed by atoms with Crippen LogP contribution in [0, 0.1) is 19.7 Å². The molecule has 4 rings (SSSR count). The molecule has 1 aliphatic heterocycles. The van der Waals surface area contributed by atoms with E-state index < -0.39 is 5.91 Å². The maximum Gasteiger partial charge on any atom is 0.282 e. The molecule has 0 aromatic heterocycles. The molecule has 168 valence electrons. The molecule has 0 atom stereocenters. The molecule has 0 fully saturated rings. The molecule has 1 heterocycles. The summed E-state index contributed by atoms with van der Waals surface area (Å²) in [6, 6.07) is 19.0. The first-order valence-electron chi connectivity index (χ1n) is 10.9. The number of imide groups is 1. The summed E-state index contributed by atoms with van der Waals surface area (Å²) in [5.74, 6) is -1.21. The number of hydrogen-bond donors (Lipinski definition) is 1. The summed E-state index contributed by atoms with van der Waals surface area (Å²) in [4.78, 5) is 28.4. The summed E-state index contributed by atoms with van der Waals surface area (Å²) in [6.45, 7) is 10.2. The Morgan fingerprint density at radius 2 is 1.45 bits per heavy atom. The molecule has 0 saturated carbocycles. The van der Waals surface area contributed by atoms with Crippen molar-refractivity contribution in [3.05, 3.63) is 100 Å². The van der Waals surface area contributed by atoms with Crippen LogP contribution in [0.2, 0.25) is 0 Å². The van der Waals surface area contributed by atoms with Crippen molar-refractivity contribution in [3.63, 3.8) is 0 Å². The van der Waals surface area contributed by atoms with Crippen LogP contribution < -0.4 is 10.2 Å². The third kappa shape index (κ3) is 4.31. The second kappa shape index (κ2) is 8.32. The van der Waals surface area contributed by atoms with Crippen molar-refractivity contribution in [2.75, 3.05) is 10.2 Å². The van der Waals surface area contributed by atoms with E-state index in [2.05, 4.69) is 26.1 Å². The smallest absolute Gasteiger partial charge is 0.282 e. The van der Waals surface area contributed by atoms with Crippen molar-refractivity contribution >= 4 is 28.8 Å². The monoisotopic (exact) mass is 442 g/mol. The Balaban J connectivity index is 1.81. The number of hydrogen-bond acceptors (Lipinski definition) is 3. The molecule has 5 heteroatoms. The fourth-order valence-corrected chi connectivity index (χ4v) is 4.01. The molecule has 0 radical (unpaired) electrons. The SMILES string of the molecule is Cc1ccc(C2=C(Nc3ccc(F)cc3)C(=O)N(c3ccc(C(C)(C)C)cc3)C2=O)c(C)c1. The Labute approximate surface area is 193 Å². The highest BCUT2D eigenvalue weighted by Crippen LogP contribution is 2.36. The molecule has 0 spiro atoms. The molecule has 1 aliphatic rings. The van der Waals surface area contributed by atoms with E-state index in [1.54, 1.807) is 24.3 Å². The second-order valence-corrected chi connectivity index (χ2v) is 9.44. The molecule has 1 N–H and O–H groups in total. The van der Waals surface area contributed by atoms with Gasteiger partial charge in [0.25, 0.3) is 11.8 Å². The molecule has 0 saturated heterocycles. The van der Waals surface area contributed by atoms with Gasteiger partial charge in [-0.15, -0.1) is 0 Å². The van der Waals surface area contributed by atoms with E-state index in [0.717, 1.165) is 16.7 Å². The van der Waals surface area contributed by atoms with Crippen LogP contribution in [0.5, 0.6) is 0 Å². The molecule has 2 amide bonds. The minimum Gasteiger partial charge on any atom is -0.350 e. The van der Waals surface area contributed by atoms with E-state index in [-0.39, 0.29) is 22.8 Å². The van der Waals surface area contributed by atoms with Gasteiger partial charge in [0.15, 0.2) is 0 Å². The average Bonchev–Trinajstić information content (AvgIpc) is 2.99. The van der Waals surface area contributed by atoms with E-state index in [0.29, 0.717) is 22.5 Å². The van der Waals surface area contributed by atoms with E-state index in [1.165, 1.54) is 17.0 Å². The van der Waals surface area contributed by atoms with Crippen LogP contribution in [0.3, 0.4) is 0 Å². The van der Waals surface area contributed by atoms with Crippen LogP contribution in [-0.4, -0.2) is 11.8 Å². The number of carbonyl (C=O) groups is 2. The van der Waals surface area contributed by atoms with Gasteiger partial charge in [-0.25, -0.2) is 9.29 Å². The van der Waals surface area contributed by atoms with E-state index >= 15 is 0 Å². The first kappa shape index (κ1) is 22.5. The zero-order valence-corrected chi connectivity index (χ0v) is 19.5. The molecule has 33 heavy (non-hydrogen) atoms. The van der Waals surface area contributed by atoms with Crippen LogP contribution in [0.4, 0.5) is 15.8 Å². The summed E-state index contributed by atoms with van der Waals surface area (Å²) in [6.07, 6.45) is 0. The summed E-state index contributed by atoms with van der Waals surface area (Å²) in [5, 5.41) is 3.07. The number of amides is 2. The molecule has 3 aromatic rings. The number of aryl methyl sites for hydroxylation is 2. The minimum atomic E-state index is -0.442. The summed E-state index contributed by atoms with van der Waals surface area (Å²) in [7, 11) is 0. The normalized spacial score (nSPS) is 14.3. The van der Waals surface area contributed by atoms with Crippen molar-refractivity contribution < 1.29 is 14.0 Å². The minimum absolute atomic E-state index is 0.0464. The third-order valence-corrected chi connectivity index (χ3v) is 5.84. The van der Waals surface area contributed by atoms with E-state index in [1.807, 2.05) is 44.2 Å². The van der Waals surface area contributed by atoms with Gasteiger partial charge in [0.1, 0.15) is 11.5 Å². The van der Waals surface area contributed by atoms with Gasteiger partial charge in [-0.05, 0) is 72.4 Å². The number of benzene rings is 3. The van der Waals surface area contributed by atoms with Crippen LogP contribution in [0.15, 0.2) is 72.4 Å². The van der Waals surface area contributed by atoms with Gasteiger partial charge in [0, 0.05) is 5.69 Å². The third-order valence-electron chi connectivity index (χ3n) is 5.84. The van der Waals surface area contributed by atoms with Gasteiger partial charge in [-0.2, -0.15) is 0 Å². The maximum absolute atomic E-state index is 13.6. The lowest BCUT2D eigenvalue weighted by Gasteiger charge is -2.21. The van der Waals surface area contributed by atoms with Crippen molar-refractivity contribution in [1.82, 2.24) is 0 Å². The Bertz CT molecular complexity index is 1270. The van der Waals surface area contributed by atoms with Crippen molar-refractivity contribution in [2.45, 2.75) is 40.0 Å². The fourth-order valence-electron chi connectivity index (χ4n) is 4.01. The first-order valence-corrected chi connectivity index (χ1v) is 10.9. The van der Waals surface area contributed by atoms with Crippen molar-refractivity contribution in [2.24, 2.45) is 0 Å². The van der Waals surface area contributed by atoms with Gasteiger partial charge >= 0.3 is 0 Å². The lowest BCUT2D eigenvalue weighted by atomic mass is 9.87. The Morgan fingerprint density at radius 1 is 0.818 bits per heavy atom. The lowest BCUT2D eigenvalue weighted by Crippen LogP contribution is -2.32. The van der Waals surface area contributed by atoms with Gasteiger partial charge in [0.2, 0.25) is 0 Å². The maximum atomic E-state index is 13.6. The number of anilines is 2. The van der Waals surface area contributed by atoms with Crippen molar-refractivity contribution in [1.29, 1.82) is 0 Å². The van der Waals surface area contributed by atoms with Crippen LogP contribution >= 0.6 is 0 Å². The van der Waals surface area contributed by atoms with Gasteiger partial charge in [-0.1, -0.05) is 56.7 Å². The Kier molecular flexibility index (Phi) is 5.66. The van der Waals surface area contributed by atoms with Crippen LogP contribution in [0.25, 0.3) is 5.57 Å². The number of nitrogens with one attached hydrogen (secondary N) is 1. The zero-order valence-electron chi connectivity index (χ0n) is 19.5. The largest absolute Gasteiger partial charge is 0.350 e. The zero-order chi connectivity index (χ0) is 23.9. The molecule has 0 unspecified atom stereocenters. The predicted octanol–water partition coefficient (Wildman–Crippen LogP) is 6.14. The first-order chi connectivity index (χ1) is 15.6. The summed E-state index contributed by atoms with van der Waals surface area (Å²) >= 11 is 0. The van der Waals surface area contributed by atoms with E-state index in [9.17, 15) is 14.0 Å². The Hall–Kier alpha value is -3.73. The highest BCUT2D eigenvalue weighted by atomic mass is 19.1. The fraction of sp³-hybridized carbons (Fsp3) is 0.214.